The monoisotopic (exact) mass is 403 g/mol. The highest BCUT2D eigenvalue weighted by Gasteiger charge is 2.18. The number of hydrogen-bond donors (Lipinski definition) is 2. The number of hydrogen-bond acceptors (Lipinski definition) is 2. The number of nitrogen functional groups attached to an aromatic ring is 2. The SMILES string of the molecule is Nc1ccc2c(c1)c1cc(N)ccc1n2-c1ccccc1-c1cc(F)c(F)c(F)c1. The maximum Gasteiger partial charge on any atom is 0.194 e. The number of nitrogens with two attached hydrogens (primary N) is 2. The van der Waals surface area contributed by atoms with Crippen LogP contribution < -0.4 is 11.5 Å². The van der Waals surface area contributed by atoms with E-state index in [1.54, 1.807) is 24.3 Å². The first kappa shape index (κ1) is 18.1. The molecule has 0 saturated carbocycles. The number of benzene rings is 4. The number of aromatic nitrogens is 1. The van der Waals surface area contributed by atoms with Gasteiger partial charge in [0.2, 0.25) is 0 Å². The summed E-state index contributed by atoms with van der Waals surface area (Å²) in [5, 5.41) is 1.81. The molecule has 0 unspecified atom stereocenters. The number of rotatable bonds is 2. The topological polar surface area (TPSA) is 57.0 Å². The van der Waals surface area contributed by atoms with Gasteiger partial charge >= 0.3 is 0 Å². The Hall–Kier alpha value is -3.93. The second-order valence-electron chi connectivity index (χ2n) is 7.16. The van der Waals surface area contributed by atoms with Crippen molar-refractivity contribution in [3.8, 4) is 16.8 Å². The molecule has 0 radical (unpaired) electrons. The first-order valence-corrected chi connectivity index (χ1v) is 9.27. The predicted octanol–water partition coefficient (Wildman–Crippen LogP) is 6.03. The van der Waals surface area contributed by atoms with E-state index < -0.39 is 17.5 Å². The second kappa shape index (κ2) is 6.56. The van der Waals surface area contributed by atoms with E-state index in [2.05, 4.69) is 0 Å². The Morgan fingerprint density at radius 2 is 1.17 bits per heavy atom. The van der Waals surface area contributed by atoms with Crippen molar-refractivity contribution in [3.63, 3.8) is 0 Å². The minimum Gasteiger partial charge on any atom is -0.399 e. The summed E-state index contributed by atoms with van der Waals surface area (Å²) in [6.07, 6.45) is 0. The van der Waals surface area contributed by atoms with Crippen molar-refractivity contribution < 1.29 is 13.2 Å². The molecule has 0 amide bonds. The van der Waals surface area contributed by atoms with Crippen molar-refractivity contribution in [3.05, 3.63) is 90.2 Å². The molecule has 0 saturated heterocycles. The molecule has 0 aliphatic rings. The molecule has 4 aromatic carbocycles. The Morgan fingerprint density at radius 1 is 0.633 bits per heavy atom. The fraction of sp³-hybridized carbons (Fsp3) is 0. The van der Waals surface area contributed by atoms with E-state index in [-0.39, 0.29) is 5.56 Å². The number of halogens is 3. The maximum atomic E-state index is 13.9. The Morgan fingerprint density at radius 3 is 1.73 bits per heavy atom. The first-order valence-electron chi connectivity index (χ1n) is 9.27. The van der Waals surface area contributed by atoms with Gasteiger partial charge in [0.1, 0.15) is 0 Å². The molecule has 0 aliphatic carbocycles. The molecule has 5 rings (SSSR count). The summed E-state index contributed by atoms with van der Waals surface area (Å²) in [4.78, 5) is 0. The summed E-state index contributed by atoms with van der Waals surface area (Å²) in [5.74, 6) is -3.95. The molecule has 0 bridgehead atoms. The lowest BCUT2D eigenvalue weighted by molar-refractivity contribution is 0.447. The van der Waals surface area contributed by atoms with Crippen molar-refractivity contribution in [2.24, 2.45) is 0 Å². The number of para-hydroxylation sites is 1. The van der Waals surface area contributed by atoms with E-state index >= 15 is 0 Å². The zero-order valence-corrected chi connectivity index (χ0v) is 15.7. The summed E-state index contributed by atoms with van der Waals surface area (Å²) in [6.45, 7) is 0. The summed E-state index contributed by atoms with van der Waals surface area (Å²) in [5.41, 5.74) is 16.5. The second-order valence-corrected chi connectivity index (χ2v) is 7.16. The van der Waals surface area contributed by atoms with Crippen LogP contribution in [0.15, 0.2) is 72.8 Å². The largest absolute Gasteiger partial charge is 0.399 e. The van der Waals surface area contributed by atoms with Crippen molar-refractivity contribution in [1.82, 2.24) is 4.57 Å². The Labute approximate surface area is 170 Å². The zero-order chi connectivity index (χ0) is 21.0. The molecular weight excluding hydrogens is 387 g/mol. The fourth-order valence-corrected chi connectivity index (χ4v) is 3.94. The molecule has 0 fully saturated rings. The van der Waals surface area contributed by atoms with Crippen LogP contribution in [0.25, 0.3) is 38.6 Å². The molecule has 30 heavy (non-hydrogen) atoms. The quantitative estimate of drug-likeness (QED) is 0.279. The van der Waals surface area contributed by atoms with Gasteiger partial charge in [-0.15, -0.1) is 0 Å². The van der Waals surface area contributed by atoms with Gasteiger partial charge in [-0.2, -0.15) is 0 Å². The number of anilines is 2. The highest BCUT2D eigenvalue weighted by atomic mass is 19.2. The van der Waals surface area contributed by atoms with Gasteiger partial charge in [-0.25, -0.2) is 13.2 Å². The Balaban J connectivity index is 1.89. The molecule has 6 heteroatoms. The van der Waals surface area contributed by atoms with Crippen LogP contribution in [0.3, 0.4) is 0 Å². The van der Waals surface area contributed by atoms with Crippen LogP contribution in [0.2, 0.25) is 0 Å². The summed E-state index contributed by atoms with van der Waals surface area (Å²) in [7, 11) is 0. The zero-order valence-electron chi connectivity index (χ0n) is 15.7. The van der Waals surface area contributed by atoms with Crippen molar-refractivity contribution >= 4 is 33.2 Å². The van der Waals surface area contributed by atoms with E-state index in [0.717, 1.165) is 33.9 Å². The molecular formula is C24H16F3N3. The third-order valence-electron chi connectivity index (χ3n) is 5.25. The van der Waals surface area contributed by atoms with Crippen molar-refractivity contribution in [2.75, 3.05) is 11.5 Å². The van der Waals surface area contributed by atoms with Gasteiger partial charge in [0.25, 0.3) is 0 Å². The Kier molecular flexibility index (Phi) is 3.96. The number of fused-ring (bicyclic) bond motifs is 3. The maximum absolute atomic E-state index is 13.9. The van der Waals surface area contributed by atoms with Crippen molar-refractivity contribution in [2.45, 2.75) is 0 Å². The van der Waals surface area contributed by atoms with E-state index in [9.17, 15) is 13.2 Å². The molecule has 3 nitrogen and oxygen atoms in total. The lowest BCUT2D eigenvalue weighted by atomic mass is 10.0. The smallest absolute Gasteiger partial charge is 0.194 e. The number of nitrogens with zero attached hydrogens (tertiary/aromatic N) is 1. The molecule has 5 aromatic rings. The van der Waals surface area contributed by atoms with Gasteiger partial charge in [0.05, 0.1) is 16.7 Å². The predicted molar refractivity (Wildman–Crippen MR) is 115 cm³/mol. The molecule has 1 heterocycles. The van der Waals surface area contributed by atoms with Gasteiger partial charge < -0.3 is 16.0 Å². The lowest BCUT2D eigenvalue weighted by Gasteiger charge is -2.14. The minimum absolute atomic E-state index is 0.239. The third kappa shape index (κ3) is 2.69. The van der Waals surface area contributed by atoms with Gasteiger partial charge in [0.15, 0.2) is 17.5 Å². The average Bonchev–Trinajstić information content (AvgIpc) is 3.04. The van der Waals surface area contributed by atoms with Gasteiger partial charge in [-0.05, 0) is 60.2 Å². The van der Waals surface area contributed by atoms with E-state index in [0.29, 0.717) is 22.6 Å². The van der Waals surface area contributed by atoms with Crippen LogP contribution in [-0.4, -0.2) is 4.57 Å². The van der Waals surface area contributed by atoms with Crippen LogP contribution >= 0.6 is 0 Å². The summed E-state index contributed by atoms with van der Waals surface area (Å²) >= 11 is 0. The third-order valence-corrected chi connectivity index (χ3v) is 5.25. The van der Waals surface area contributed by atoms with Gasteiger partial charge in [-0.3, -0.25) is 0 Å². The highest BCUT2D eigenvalue weighted by Crippen LogP contribution is 2.38. The van der Waals surface area contributed by atoms with Crippen LogP contribution in [-0.2, 0) is 0 Å². The fourth-order valence-electron chi connectivity index (χ4n) is 3.94. The van der Waals surface area contributed by atoms with Gasteiger partial charge in [-0.1, -0.05) is 18.2 Å². The normalized spacial score (nSPS) is 11.4. The lowest BCUT2D eigenvalue weighted by Crippen LogP contribution is -1.99. The molecule has 0 atom stereocenters. The molecule has 4 N–H and O–H groups in total. The first-order chi connectivity index (χ1) is 14.4. The molecule has 0 aliphatic heterocycles. The van der Waals surface area contributed by atoms with Crippen LogP contribution in [0.4, 0.5) is 24.5 Å². The van der Waals surface area contributed by atoms with Crippen LogP contribution in [0.5, 0.6) is 0 Å². The summed E-state index contributed by atoms with van der Waals surface area (Å²) in [6, 6.07) is 20.3. The van der Waals surface area contributed by atoms with Crippen LogP contribution in [0.1, 0.15) is 0 Å². The minimum atomic E-state index is -1.49. The average molecular weight is 403 g/mol. The molecule has 1 aromatic heterocycles. The van der Waals surface area contributed by atoms with E-state index in [1.165, 1.54) is 0 Å². The van der Waals surface area contributed by atoms with E-state index in [1.807, 2.05) is 41.0 Å². The van der Waals surface area contributed by atoms with Crippen LogP contribution in [0, 0.1) is 17.5 Å². The summed E-state index contributed by atoms with van der Waals surface area (Å²) < 4.78 is 43.4. The molecule has 0 spiro atoms. The molecule has 148 valence electrons. The van der Waals surface area contributed by atoms with E-state index in [4.69, 9.17) is 11.5 Å². The highest BCUT2D eigenvalue weighted by molar-refractivity contribution is 6.11. The Bertz CT molecular complexity index is 1370. The van der Waals surface area contributed by atoms with Gasteiger partial charge in [0, 0.05) is 27.7 Å². The van der Waals surface area contributed by atoms with Crippen molar-refractivity contribution in [1.29, 1.82) is 0 Å². The standard InChI is InChI=1S/C24H16F3N3/c25-19-9-13(10-20(26)24(19)27)16-3-1-2-4-21(16)30-22-7-5-14(28)11-17(22)18-12-15(29)6-8-23(18)30/h1-12H,28-29H2.